The molecule has 0 spiro atoms. The van der Waals surface area contributed by atoms with Gasteiger partial charge >= 0.3 is 0 Å². The fourth-order valence-corrected chi connectivity index (χ4v) is 8.29. The summed E-state index contributed by atoms with van der Waals surface area (Å²) in [5, 5.41) is 4.60. The summed E-state index contributed by atoms with van der Waals surface area (Å²) in [6.45, 7) is 0. The molecule has 1 atom stereocenters. The van der Waals surface area contributed by atoms with Crippen LogP contribution in [0.15, 0.2) is 186 Å². The number of pyridine rings is 1. The highest BCUT2D eigenvalue weighted by molar-refractivity contribution is 6.07. The van der Waals surface area contributed by atoms with E-state index in [1.54, 1.807) is 0 Å². The van der Waals surface area contributed by atoms with Crippen molar-refractivity contribution in [1.29, 1.82) is 0 Å². The average Bonchev–Trinajstić information content (AvgIpc) is 3.67. The van der Waals surface area contributed by atoms with Crippen molar-refractivity contribution in [2.45, 2.75) is 12.3 Å². The standard InChI is InChI=1S/C52H34N4O/c1-4-14-33(15-5-1)38-28-29-42-44-30-39(31-45(49(44)57-47(42)32-38)48-43-22-11-10-20-40(43)41-21-12-13-23-46(41)53-48)34-24-26-37(27-25-34)52-55-50(35-16-6-2-7-17-35)54-51(56-52)36-18-8-3-9-19-36/h1-30,32,45H,31H2. The number of aromatic nitrogens is 4. The first-order valence-electron chi connectivity index (χ1n) is 19.3. The molecule has 0 saturated carbocycles. The molecule has 3 heterocycles. The normalized spacial score (nSPS) is 13.8. The third-order valence-corrected chi connectivity index (χ3v) is 11.1. The second-order valence-corrected chi connectivity index (χ2v) is 14.6. The van der Waals surface area contributed by atoms with Gasteiger partial charge in [0, 0.05) is 38.4 Å². The van der Waals surface area contributed by atoms with Crippen molar-refractivity contribution in [1.82, 2.24) is 19.9 Å². The van der Waals surface area contributed by atoms with Crippen LogP contribution >= 0.6 is 0 Å². The molecule has 5 nitrogen and oxygen atoms in total. The minimum atomic E-state index is -0.104. The summed E-state index contributed by atoms with van der Waals surface area (Å²) in [5.41, 5.74) is 11.5. The monoisotopic (exact) mass is 730 g/mol. The van der Waals surface area contributed by atoms with Gasteiger partial charge in [-0.15, -0.1) is 0 Å². The van der Waals surface area contributed by atoms with Gasteiger partial charge in [0.05, 0.1) is 17.1 Å². The highest BCUT2D eigenvalue weighted by atomic mass is 16.3. The zero-order chi connectivity index (χ0) is 37.7. The number of nitrogens with zero attached hydrogens (tertiary/aromatic N) is 4. The Labute approximate surface area is 329 Å². The van der Waals surface area contributed by atoms with Crippen molar-refractivity contribution < 1.29 is 4.42 Å². The lowest BCUT2D eigenvalue weighted by Gasteiger charge is -2.24. The summed E-state index contributed by atoms with van der Waals surface area (Å²) in [6, 6.07) is 63.0. The first-order chi connectivity index (χ1) is 28.2. The van der Waals surface area contributed by atoms with Crippen molar-refractivity contribution in [3.8, 4) is 45.3 Å². The molecule has 1 unspecified atom stereocenters. The Morgan fingerprint density at radius 3 is 1.56 bits per heavy atom. The summed E-state index contributed by atoms with van der Waals surface area (Å²) < 4.78 is 6.93. The summed E-state index contributed by atoms with van der Waals surface area (Å²) in [5.74, 6) is 2.77. The summed E-state index contributed by atoms with van der Waals surface area (Å²) in [4.78, 5) is 20.2. The van der Waals surface area contributed by atoms with Crippen LogP contribution in [0.1, 0.15) is 34.9 Å². The molecule has 57 heavy (non-hydrogen) atoms. The van der Waals surface area contributed by atoms with Crippen molar-refractivity contribution in [2.24, 2.45) is 0 Å². The Morgan fingerprint density at radius 2 is 0.912 bits per heavy atom. The number of para-hydroxylation sites is 1. The van der Waals surface area contributed by atoms with E-state index in [4.69, 9.17) is 24.4 Å². The van der Waals surface area contributed by atoms with E-state index in [0.29, 0.717) is 17.5 Å². The summed E-state index contributed by atoms with van der Waals surface area (Å²) >= 11 is 0. The van der Waals surface area contributed by atoms with Crippen molar-refractivity contribution in [3.05, 3.63) is 205 Å². The Morgan fingerprint density at radius 1 is 0.404 bits per heavy atom. The van der Waals surface area contributed by atoms with E-state index in [2.05, 4.69) is 121 Å². The predicted octanol–water partition coefficient (Wildman–Crippen LogP) is 13.1. The molecule has 0 amide bonds. The molecule has 3 aromatic heterocycles. The highest BCUT2D eigenvalue weighted by Gasteiger charge is 2.32. The molecule has 0 fully saturated rings. The molecule has 1 aliphatic carbocycles. The van der Waals surface area contributed by atoms with E-state index in [0.717, 1.165) is 84.1 Å². The van der Waals surface area contributed by atoms with Gasteiger partial charge in [0.2, 0.25) is 0 Å². The molecular formula is C52H34N4O. The van der Waals surface area contributed by atoms with Gasteiger partial charge in [-0.05, 0) is 58.3 Å². The molecule has 268 valence electrons. The quantitative estimate of drug-likeness (QED) is 0.159. The van der Waals surface area contributed by atoms with Gasteiger partial charge < -0.3 is 4.42 Å². The fourth-order valence-electron chi connectivity index (χ4n) is 8.29. The van der Waals surface area contributed by atoms with Crippen LogP contribution in [0.4, 0.5) is 0 Å². The molecule has 0 aliphatic heterocycles. The van der Waals surface area contributed by atoms with E-state index >= 15 is 0 Å². The first kappa shape index (κ1) is 32.9. The zero-order valence-corrected chi connectivity index (χ0v) is 30.9. The van der Waals surface area contributed by atoms with Gasteiger partial charge in [-0.1, -0.05) is 164 Å². The number of benzene rings is 7. The molecule has 0 bridgehead atoms. The Hall–Kier alpha value is -7.50. The number of hydrogen-bond donors (Lipinski definition) is 0. The van der Waals surface area contributed by atoms with Gasteiger partial charge in [-0.25, -0.2) is 15.0 Å². The number of rotatable bonds is 6. The average molecular weight is 731 g/mol. The fraction of sp³-hybridized carbons (Fsp3) is 0.0385. The summed E-state index contributed by atoms with van der Waals surface area (Å²) in [6.07, 6.45) is 3.05. The first-order valence-corrected chi connectivity index (χ1v) is 19.3. The Kier molecular flexibility index (Phi) is 7.88. The largest absolute Gasteiger partial charge is 0.460 e. The van der Waals surface area contributed by atoms with Gasteiger partial charge in [-0.3, -0.25) is 4.98 Å². The van der Waals surface area contributed by atoms with Crippen molar-refractivity contribution >= 4 is 44.3 Å². The van der Waals surface area contributed by atoms with Gasteiger partial charge in [0.15, 0.2) is 17.5 Å². The highest BCUT2D eigenvalue weighted by Crippen LogP contribution is 2.48. The minimum Gasteiger partial charge on any atom is -0.460 e. The van der Waals surface area contributed by atoms with Gasteiger partial charge in [0.25, 0.3) is 0 Å². The van der Waals surface area contributed by atoms with Crippen LogP contribution in [0.5, 0.6) is 0 Å². The van der Waals surface area contributed by atoms with E-state index in [9.17, 15) is 0 Å². The van der Waals surface area contributed by atoms with Gasteiger partial charge in [0.1, 0.15) is 11.3 Å². The third-order valence-electron chi connectivity index (χ3n) is 11.1. The van der Waals surface area contributed by atoms with Crippen LogP contribution in [0, 0.1) is 0 Å². The maximum Gasteiger partial charge on any atom is 0.164 e. The molecule has 0 N–H and O–H groups in total. The minimum absolute atomic E-state index is 0.104. The van der Waals surface area contributed by atoms with Crippen LogP contribution in [0.3, 0.4) is 0 Å². The smallest absolute Gasteiger partial charge is 0.164 e. The van der Waals surface area contributed by atoms with E-state index in [-0.39, 0.29) is 5.92 Å². The van der Waals surface area contributed by atoms with E-state index < -0.39 is 0 Å². The predicted molar refractivity (Wildman–Crippen MR) is 231 cm³/mol. The molecule has 11 rings (SSSR count). The maximum absolute atomic E-state index is 6.93. The molecule has 0 saturated heterocycles. The van der Waals surface area contributed by atoms with Crippen LogP contribution < -0.4 is 0 Å². The third kappa shape index (κ3) is 5.88. The molecule has 1 aliphatic rings. The second-order valence-electron chi connectivity index (χ2n) is 14.6. The number of allylic oxidation sites excluding steroid dienone is 1. The second kappa shape index (κ2) is 13.7. The molecule has 7 aromatic carbocycles. The lowest BCUT2D eigenvalue weighted by molar-refractivity contribution is 0.516. The van der Waals surface area contributed by atoms with Crippen LogP contribution in [0.25, 0.3) is 89.6 Å². The lowest BCUT2D eigenvalue weighted by Crippen LogP contribution is -2.10. The van der Waals surface area contributed by atoms with Crippen LogP contribution in [-0.4, -0.2) is 19.9 Å². The zero-order valence-electron chi connectivity index (χ0n) is 30.9. The van der Waals surface area contributed by atoms with Crippen LogP contribution in [-0.2, 0) is 0 Å². The lowest BCUT2D eigenvalue weighted by atomic mass is 9.81. The maximum atomic E-state index is 6.93. The Balaban J connectivity index is 1.05. The summed E-state index contributed by atoms with van der Waals surface area (Å²) in [7, 11) is 0. The molecule has 0 radical (unpaired) electrons. The Bertz CT molecular complexity index is 3080. The van der Waals surface area contributed by atoms with Crippen LogP contribution in [0.2, 0.25) is 0 Å². The van der Waals surface area contributed by atoms with Crippen molar-refractivity contribution in [2.75, 3.05) is 0 Å². The van der Waals surface area contributed by atoms with E-state index in [1.807, 2.05) is 66.7 Å². The topological polar surface area (TPSA) is 64.7 Å². The number of fused-ring (bicyclic) bond motifs is 6. The molecular weight excluding hydrogens is 697 g/mol. The van der Waals surface area contributed by atoms with E-state index in [1.165, 1.54) is 11.0 Å². The number of furan rings is 1. The SMILES string of the molecule is C1=C(c2ccc(-c3nc(-c4ccccc4)nc(-c4ccccc4)n3)cc2)CC(c2nc3ccccc3c3ccccc23)c2oc3cc(-c4ccccc4)ccc3c21. The van der Waals surface area contributed by atoms with Crippen molar-refractivity contribution in [3.63, 3.8) is 0 Å². The molecule has 10 aromatic rings. The number of hydrogen-bond acceptors (Lipinski definition) is 5. The molecule has 5 heteroatoms. The van der Waals surface area contributed by atoms with Gasteiger partial charge in [-0.2, -0.15) is 0 Å².